The number of nitrogens with zero attached hydrogens (tertiary/aromatic N) is 1. The molecule has 1 aromatic carbocycles. The Hall–Kier alpha value is -2.17. The molecule has 0 amide bonds. The number of halogens is 1. The molecule has 0 fully saturated rings. The van der Waals surface area contributed by atoms with Crippen molar-refractivity contribution in [3.8, 4) is 11.4 Å². The maximum atomic E-state index is 13.5. The van der Waals surface area contributed by atoms with E-state index in [9.17, 15) is 9.18 Å². The monoisotopic (exact) mass is 234 g/mol. The summed E-state index contributed by atoms with van der Waals surface area (Å²) in [5.41, 5.74) is 0.719. The molecule has 0 saturated heterocycles. The number of carbonyl (C=O) groups is 1. The van der Waals surface area contributed by atoms with E-state index in [1.165, 1.54) is 6.07 Å². The lowest BCUT2D eigenvalue weighted by atomic mass is 10.2. The average molecular weight is 234 g/mol. The predicted molar refractivity (Wildman–Crippen MR) is 60.3 cm³/mol. The molecule has 2 rings (SSSR count). The molecule has 0 spiro atoms. The van der Waals surface area contributed by atoms with Crippen LogP contribution in [0.25, 0.3) is 11.4 Å². The van der Waals surface area contributed by atoms with E-state index in [4.69, 9.17) is 5.11 Å². The maximum absolute atomic E-state index is 13.5. The van der Waals surface area contributed by atoms with Gasteiger partial charge in [-0.25, -0.2) is 14.2 Å². The molecule has 0 atom stereocenters. The number of nitrogens with one attached hydrogen (secondary N) is 1. The van der Waals surface area contributed by atoms with Gasteiger partial charge < -0.3 is 10.1 Å². The van der Waals surface area contributed by atoms with Gasteiger partial charge in [0, 0.05) is 5.69 Å². The first kappa shape index (κ1) is 11.3. The summed E-state index contributed by atoms with van der Waals surface area (Å²) in [6, 6.07) is 6.11. The Balaban J connectivity index is 2.54. The molecule has 2 aromatic rings. The Kier molecular flexibility index (Phi) is 2.91. The summed E-state index contributed by atoms with van der Waals surface area (Å²) in [4.78, 5) is 17.7. The summed E-state index contributed by atoms with van der Waals surface area (Å²) in [7, 11) is 0. The van der Waals surface area contributed by atoms with Crippen LogP contribution >= 0.6 is 0 Å². The lowest BCUT2D eigenvalue weighted by Gasteiger charge is -1.97. The quantitative estimate of drug-likeness (QED) is 0.857. The van der Waals surface area contributed by atoms with E-state index < -0.39 is 11.8 Å². The summed E-state index contributed by atoms with van der Waals surface area (Å²) >= 11 is 0. The van der Waals surface area contributed by atoms with Gasteiger partial charge in [0.1, 0.15) is 11.6 Å². The van der Waals surface area contributed by atoms with E-state index >= 15 is 0 Å². The van der Waals surface area contributed by atoms with Gasteiger partial charge in [0.2, 0.25) is 0 Å². The summed E-state index contributed by atoms with van der Waals surface area (Å²) in [5, 5.41) is 8.95. The van der Waals surface area contributed by atoms with Crippen molar-refractivity contribution in [2.45, 2.75) is 13.3 Å². The molecule has 0 radical (unpaired) electrons. The highest BCUT2D eigenvalue weighted by Gasteiger charge is 2.17. The zero-order valence-electron chi connectivity index (χ0n) is 9.20. The van der Waals surface area contributed by atoms with Gasteiger partial charge in [-0.05, 0) is 18.6 Å². The molecule has 0 saturated carbocycles. The second-order valence-corrected chi connectivity index (χ2v) is 3.55. The van der Waals surface area contributed by atoms with Gasteiger partial charge >= 0.3 is 5.97 Å². The van der Waals surface area contributed by atoms with Crippen LogP contribution in [-0.2, 0) is 6.42 Å². The standard InChI is InChI=1S/C12H11FN2O2/c1-2-9-10(12(16)17)15-11(14-9)7-5-3-4-6-8(7)13/h3-6H,2H2,1H3,(H,14,15)(H,16,17). The zero-order chi connectivity index (χ0) is 12.4. The third-order valence-corrected chi connectivity index (χ3v) is 2.46. The molecule has 88 valence electrons. The number of aromatic amines is 1. The lowest BCUT2D eigenvalue weighted by Crippen LogP contribution is -2.00. The smallest absolute Gasteiger partial charge is 0.356 e. The van der Waals surface area contributed by atoms with Crippen molar-refractivity contribution in [1.82, 2.24) is 9.97 Å². The van der Waals surface area contributed by atoms with Crippen molar-refractivity contribution < 1.29 is 14.3 Å². The zero-order valence-corrected chi connectivity index (χ0v) is 9.20. The molecule has 1 aromatic heterocycles. The van der Waals surface area contributed by atoms with Crippen LogP contribution in [0.2, 0.25) is 0 Å². The van der Waals surface area contributed by atoms with Gasteiger partial charge in [-0.15, -0.1) is 0 Å². The number of imidazole rings is 1. The third kappa shape index (κ3) is 2.04. The van der Waals surface area contributed by atoms with Gasteiger partial charge in [0.15, 0.2) is 5.69 Å². The molecule has 0 aliphatic heterocycles. The molecule has 0 aliphatic rings. The molecule has 2 N–H and O–H groups in total. The van der Waals surface area contributed by atoms with Gasteiger partial charge in [0.25, 0.3) is 0 Å². The first-order valence-electron chi connectivity index (χ1n) is 5.20. The first-order chi connectivity index (χ1) is 8.13. The van der Waals surface area contributed by atoms with Crippen molar-refractivity contribution in [3.63, 3.8) is 0 Å². The summed E-state index contributed by atoms with van der Waals surface area (Å²) in [5.74, 6) is -1.29. The highest BCUT2D eigenvalue weighted by Crippen LogP contribution is 2.21. The number of aromatic carboxylic acids is 1. The lowest BCUT2D eigenvalue weighted by molar-refractivity contribution is 0.0690. The fourth-order valence-corrected chi connectivity index (χ4v) is 1.62. The molecule has 0 unspecified atom stereocenters. The average Bonchev–Trinajstić information content (AvgIpc) is 2.73. The van der Waals surface area contributed by atoms with E-state index in [2.05, 4.69) is 9.97 Å². The Bertz CT molecular complexity index is 563. The second kappa shape index (κ2) is 4.37. The molecule has 4 nitrogen and oxygen atoms in total. The van der Waals surface area contributed by atoms with Crippen molar-refractivity contribution >= 4 is 5.97 Å². The predicted octanol–water partition coefficient (Wildman–Crippen LogP) is 2.48. The summed E-state index contributed by atoms with van der Waals surface area (Å²) in [6.07, 6.45) is 0.503. The highest BCUT2D eigenvalue weighted by molar-refractivity contribution is 5.87. The fourth-order valence-electron chi connectivity index (χ4n) is 1.62. The maximum Gasteiger partial charge on any atom is 0.356 e. The SMILES string of the molecule is CCc1[nH]c(-c2ccccc2F)nc1C(=O)O. The van der Waals surface area contributed by atoms with Gasteiger partial charge in [-0.2, -0.15) is 0 Å². The number of carboxylic acid groups (broad SMARTS) is 1. The number of hydrogen-bond acceptors (Lipinski definition) is 2. The van der Waals surface area contributed by atoms with Crippen molar-refractivity contribution in [1.29, 1.82) is 0 Å². The minimum Gasteiger partial charge on any atom is -0.476 e. The van der Waals surface area contributed by atoms with Gasteiger partial charge in [0.05, 0.1) is 5.56 Å². The third-order valence-electron chi connectivity index (χ3n) is 2.46. The fraction of sp³-hybridized carbons (Fsp3) is 0.167. The van der Waals surface area contributed by atoms with Crippen molar-refractivity contribution in [2.24, 2.45) is 0 Å². The van der Waals surface area contributed by atoms with Crippen LogP contribution in [0.3, 0.4) is 0 Å². The van der Waals surface area contributed by atoms with Crippen molar-refractivity contribution in [3.05, 3.63) is 41.5 Å². The minimum absolute atomic E-state index is 0.0502. The Morgan fingerprint density at radius 3 is 2.71 bits per heavy atom. The number of rotatable bonds is 3. The first-order valence-corrected chi connectivity index (χ1v) is 5.20. The van der Waals surface area contributed by atoms with Gasteiger partial charge in [-0.1, -0.05) is 19.1 Å². The molecular weight excluding hydrogens is 223 g/mol. The highest BCUT2D eigenvalue weighted by atomic mass is 19.1. The Labute approximate surface area is 97.1 Å². The minimum atomic E-state index is -1.11. The van der Waals surface area contributed by atoms with Crippen LogP contribution in [0.1, 0.15) is 23.1 Å². The number of carboxylic acids is 1. The van der Waals surface area contributed by atoms with E-state index in [0.29, 0.717) is 12.1 Å². The summed E-state index contributed by atoms with van der Waals surface area (Å²) < 4.78 is 13.5. The number of aryl methyl sites for hydroxylation is 1. The molecule has 0 aliphatic carbocycles. The van der Waals surface area contributed by atoms with Crippen molar-refractivity contribution in [2.75, 3.05) is 0 Å². The van der Waals surface area contributed by atoms with E-state index in [-0.39, 0.29) is 17.1 Å². The van der Waals surface area contributed by atoms with E-state index in [1.54, 1.807) is 18.2 Å². The molecule has 1 heterocycles. The number of hydrogen-bond donors (Lipinski definition) is 2. The van der Waals surface area contributed by atoms with Crippen LogP contribution in [-0.4, -0.2) is 21.0 Å². The van der Waals surface area contributed by atoms with Crippen LogP contribution in [0, 0.1) is 5.82 Å². The largest absolute Gasteiger partial charge is 0.476 e. The topological polar surface area (TPSA) is 66.0 Å². The van der Waals surface area contributed by atoms with Gasteiger partial charge in [-0.3, -0.25) is 0 Å². The number of aromatic nitrogens is 2. The molecule has 5 heteroatoms. The molecular formula is C12H11FN2O2. The van der Waals surface area contributed by atoms with Crippen LogP contribution in [0.5, 0.6) is 0 Å². The Morgan fingerprint density at radius 1 is 1.47 bits per heavy atom. The van der Waals surface area contributed by atoms with E-state index in [1.807, 2.05) is 6.92 Å². The van der Waals surface area contributed by atoms with Crippen LogP contribution in [0.4, 0.5) is 4.39 Å². The van der Waals surface area contributed by atoms with Crippen LogP contribution in [0.15, 0.2) is 24.3 Å². The Morgan fingerprint density at radius 2 is 2.18 bits per heavy atom. The summed E-state index contributed by atoms with van der Waals surface area (Å²) in [6.45, 7) is 1.81. The van der Waals surface area contributed by atoms with Crippen LogP contribution < -0.4 is 0 Å². The number of H-pyrrole nitrogens is 1. The second-order valence-electron chi connectivity index (χ2n) is 3.55. The molecule has 17 heavy (non-hydrogen) atoms. The molecule has 0 bridgehead atoms. The normalized spacial score (nSPS) is 10.5. The van der Waals surface area contributed by atoms with E-state index in [0.717, 1.165) is 0 Å². The number of benzene rings is 1.